The summed E-state index contributed by atoms with van der Waals surface area (Å²) in [4.78, 5) is 25.2. The number of allylic oxidation sites excluding steroid dienone is 3. The van der Waals surface area contributed by atoms with E-state index in [9.17, 15) is 14.0 Å². The number of methoxy groups -OCH3 is 2. The summed E-state index contributed by atoms with van der Waals surface area (Å²) in [7, 11) is 2.74. The van der Waals surface area contributed by atoms with Gasteiger partial charge in [0.25, 0.3) is 0 Å². The van der Waals surface area contributed by atoms with Gasteiger partial charge in [0.2, 0.25) is 0 Å². The SMILES string of the molecule is COC(=O)[C@H]1CC=C2C(CCC3=Cc4c(cnn4-c4ccc(F)cc4)C[C@@]32C)[C@H]1C(=O)OC. The highest BCUT2D eigenvalue weighted by molar-refractivity contribution is 5.83. The number of aromatic nitrogens is 2. The van der Waals surface area contributed by atoms with Crippen LogP contribution >= 0.6 is 0 Å². The third kappa shape index (κ3) is 3.33. The summed E-state index contributed by atoms with van der Waals surface area (Å²) in [5.74, 6) is -2.11. The van der Waals surface area contributed by atoms with Gasteiger partial charge in [-0.15, -0.1) is 0 Å². The number of nitrogens with zero attached hydrogens (tertiary/aromatic N) is 2. The van der Waals surface area contributed by atoms with Crippen LogP contribution in [0.3, 0.4) is 0 Å². The van der Waals surface area contributed by atoms with Gasteiger partial charge < -0.3 is 9.47 Å². The monoisotopic (exact) mass is 450 g/mol. The number of hydrogen-bond acceptors (Lipinski definition) is 5. The standard InChI is InChI=1S/C26H27FN2O4/c1-26-13-15-14-28-29(18-7-5-17(27)6-8-18)22(15)12-16(26)4-9-19-21(26)11-10-20(24(30)32-2)23(19)25(31)33-3/h5-8,11-12,14,19-20,23H,4,9-10,13H2,1-3H3/t19?,20-,23+,26-/m0/s1. The first-order valence-electron chi connectivity index (χ1n) is 11.3. The molecule has 172 valence electrons. The van der Waals surface area contributed by atoms with Crippen molar-refractivity contribution in [2.75, 3.05) is 14.2 Å². The molecule has 0 aliphatic heterocycles. The highest BCUT2D eigenvalue weighted by Gasteiger charge is 2.52. The normalized spacial score (nSPS) is 27.9. The van der Waals surface area contributed by atoms with Crippen molar-refractivity contribution in [2.45, 2.75) is 32.6 Å². The molecule has 6 nitrogen and oxygen atoms in total. The van der Waals surface area contributed by atoms with Crippen molar-refractivity contribution in [3.05, 3.63) is 64.8 Å². The summed E-state index contributed by atoms with van der Waals surface area (Å²) in [5.41, 5.74) is 5.19. The van der Waals surface area contributed by atoms with E-state index in [1.165, 1.54) is 37.5 Å². The molecule has 1 fully saturated rings. The zero-order valence-corrected chi connectivity index (χ0v) is 19.0. The molecule has 0 spiro atoms. The van der Waals surface area contributed by atoms with Gasteiger partial charge in [-0.1, -0.05) is 24.1 Å². The molecule has 0 N–H and O–H groups in total. The Labute approximate surface area is 192 Å². The van der Waals surface area contributed by atoms with E-state index < -0.39 is 11.8 Å². The van der Waals surface area contributed by atoms with Gasteiger partial charge in [-0.3, -0.25) is 9.59 Å². The Morgan fingerprint density at radius 3 is 2.58 bits per heavy atom. The molecule has 0 amide bonds. The Morgan fingerprint density at radius 2 is 1.88 bits per heavy atom. The topological polar surface area (TPSA) is 70.4 Å². The number of esters is 2. The van der Waals surface area contributed by atoms with Gasteiger partial charge in [-0.2, -0.15) is 5.10 Å². The number of hydrogen-bond donors (Lipinski definition) is 0. The number of ether oxygens (including phenoxy) is 2. The van der Waals surface area contributed by atoms with E-state index in [-0.39, 0.29) is 29.1 Å². The number of rotatable bonds is 3. The molecule has 5 rings (SSSR count). The zero-order chi connectivity index (χ0) is 23.3. The third-order valence-electron chi connectivity index (χ3n) is 7.72. The lowest BCUT2D eigenvalue weighted by Crippen LogP contribution is -2.46. The van der Waals surface area contributed by atoms with Crippen molar-refractivity contribution in [2.24, 2.45) is 23.2 Å². The first kappa shape index (κ1) is 21.6. The molecule has 4 atom stereocenters. The summed E-state index contributed by atoms with van der Waals surface area (Å²) in [6.45, 7) is 2.22. The molecule has 1 aromatic carbocycles. The van der Waals surface area contributed by atoms with E-state index in [1.807, 2.05) is 10.9 Å². The van der Waals surface area contributed by atoms with Crippen LogP contribution in [0.25, 0.3) is 11.8 Å². The number of carbonyl (C=O) groups excluding carboxylic acids is 2. The van der Waals surface area contributed by atoms with Crippen LogP contribution in [0.4, 0.5) is 4.39 Å². The van der Waals surface area contributed by atoms with Crippen molar-refractivity contribution < 1.29 is 23.5 Å². The maximum absolute atomic E-state index is 13.4. The largest absolute Gasteiger partial charge is 0.469 e. The number of carbonyl (C=O) groups is 2. The minimum Gasteiger partial charge on any atom is -0.469 e. The Bertz CT molecular complexity index is 1180. The smallest absolute Gasteiger partial charge is 0.310 e. The van der Waals surface area contributed by atoms with Gasteiger partial charge in [0.15, 0.2) is 0 Å². The van der Waals surface area contributed by atoms with Crippen molar-refractivity contribution >= 4 is 18.0 Å². The molecule has 0 radical (unpaired) electrons. The number of halogens is 1. The second-order valence-electron chi connectivity index (χ2n) is 9.34. The molecule has 3 aliphatic rings. The summed E-state index contributed by atoms with van der Waals surface area (Å²) < 4.78 is 25.4. The maximum Gasteiger partial charge on any atom is 0.310 e. The quantitative estimate of drug-likeness (QED) is 0.516. The van der Waals surface area contributed by atoms with Gasteiger partial charge >= 0.3 is 11.9 Å². The second-order valence-corrected chi connectivity index (χ2v) is 9.34. The lowest BCUT2D eigenvalue weighted by molar-refractivity contribution is -0.160. The lowest BCUT2D eigenvalue weighted by atomic mass is 9.54. The molecule has 1 saturated carbocycles. The average Bonchev–Trinajstić information content (AvgIpc) is 3.23. The van der Waals surface area contributed by atoms with Crippen LogP contribution in [-0.2, 0) is 25.5 Å². The van der Waals surface area contributed by atoms with Crippen LogP contribution in [0.5, 0.6) is 0 Å². The first-order chi connectivity index (χ1) is 15.9. The van der Waals surface area contributed by atoms with Gasteiger partial charge in [0, 0.05) is 5.41 Å². The highest BCUT2D eigenvalue weighted by atomic mass is 19.1. The van der Waals surface area contributed by atoms with Crippen LogP contribution in [0, 0.1) is 29.0 Å². The summed E-state index contributed by atoms with van der Waals surface area (Å²) in [6, 6.07) is 6.32. The highest BCUT2D eigenvalue weighted by Crippen LogP contribution is 2.57. The van der Waals surface area contributed by atoms with Crippen LogP contribution in [0.1, 0.15) is 37.4 Å². The number of benzene rings is 1. The van der Waals surface area contributed by atoms with Crippen LogP contribution in [-0.4, -0.2) is 35.9 Å². The van der Waals surface area contributed by atoms with E-state index in [1.54, 1.807) is 12.1 Å². The van der Waals surface area contributed by atoms with Crippen LogP contribution in [0.15, 0.2) is 47.7 Å². The summed E-state index contributed by atoms with van der Waals surface area (Å²) in [6.07, 6.45) is 9.02. The van der Waals surface area contributed by atoms with E-state index >= 15 is 0 Å². The fraction of sp³-hybridized carbons (Fsp3) is 0.423. The number of fused-ring (bicyclic) bond motifs is 4. The molecular formula is C26H27FN2O4. The fourth-order valence-electron chi connectivity index (χ4n) is 6.09. The van der Waals surface area contributed by atoms with Crippen LogP contribution < -0.4 is 0 Å². The van der Waals surface area contributed by atoms with Gasteiger partial charge in [0.05, 0.1) is 43.6 Å². The van der Waals surface area contributed by atoms with Crippen LogP contribution in [0.2, 0.25) is 0 Å². The third-order valence-corrected chi connectivity index (χ3v) is 7.72. The molecule has 7 heteroatoms. The first-order valence-corrected chi connectivity index (χ1v) is 11.3. The minimum atomic E-state index is -0.538. The van der Waals surface area contributed by atoms with E-state index in [2.05, 4.69) is 24.2 Å². The molecule has 2 aromatic rings. The molecule has 33 heavy (non-hydrogen) atoms. The predicted octanol–water partition coefficient (Wildman–Crippen LogP) is 4.28. The van der Waals surface area contributed by atoms with Crippen molar-refractivity contribution in [3.63, 3.8) is 0 Å². The van der Waals surface area contributed by atoms with Gasteiger partial charge in [0.1, 0.15) is 5.82 Å². The maximum atomic E-state index is 13.4. The Kier molecular flexibility index (Phi) is 5.22. The second kappa shape index (κ2) is 7.97. The zero-order valence-electron chi connectivity index (χ0n) is 19.0. The van der Waals surface area contributed by atoms with Crippen molar-refractivity contribution in [1.29, 1.82) is 0 Å². The van der Waals surface area contributed by atoms with Gasteiger partial charge in [-0.25, -0.2) is 9.07 Å². The minimum absolute atomic E-state index is 0.0638. The van der Waals surface area contributed by atoms with E-state index in [0.717, 1.165) is 36.2 Å². The predicted molar refractivity (Wildman–Crippen MR) is 120 cm³/mol. The van der Waals surface area contributed by atoms with Crippen molar-refractivity contribution in [3.8, 4) is 5.69 Å². The molecule has 0 bridgehead atoms. The molecule has 1 unspecified atom stereocenters. The molecule has 0 saturated heterocycles. The van der Waals surface area contributed by atoms with E-state index in [0.29, 0.717) is 6.42 Å². The fourth-order valence-corrected chi connectivity index (χ4v) is 6.09. The van der Waals surface area contributed by atoms with E-state index in [4.69, 9.17) is 9.47 Å². The molecule has 1 heterocycles. The Balaban J connectivity index is 1.54. The Morgan fingerprint density at radius 1 is 1.15 bits per heavy atom. The molecule has 1 aromatic heterocycles. The Hall–Kier alpha value is -3.22. The molecule has 3 aliphatic carbocycles. The lowest BCUT2D eigenvalue weighted by Gasteiger charge is -2.49. The summed E-state index contributed by atoms with van der Waals surface area (Å²) in [5, 5.41) is 4.59. The van der Waals surface area contributed by atoms with Gasteiger partial charge in [-0.05, 0) is 67.5 Å². The van der Waals surface area contributed by atoms with Crippen molar-refractivity contribution in [1.82, 2.24) is 9.78 Å². The summed E-state index contributed by atoms with van der Waals surface area (Å²) >= 11 is 0. The molecular weight excluding hydrogens is 423 g/mol. The average molecular weight is 451 g/mol.